The van der Waals surface area contributed by atoms with E-state index >= 15 is 0 Å². The quantitative estimate of drug-likeness (QED) is 0.815. The molecule has 6 nitrogen and oxygen atoms in total. The van der Waals surface area contributed by atoms with Gasteiger partial charge < -0.3 is 16.0 Å². The summed E-state index contributed by atoms with van der Waals surface area (Å²) >= 11 is 0. The summed E-state index contributed by atoms with van der Waals surface area (Å²) in [5.74, 6) is 2.10. The van der Waals surface area contributed by atoms with Gasteiger partial charge in [0.2, 0.25) is 17.8 Å². The standard InChI is InChI=1S/C11H20N6/c1-8(2)7-13-10-14-9(12)15-11(16-10)17-5-3-4-6-17/h8H,3-7H2,1-2H3,(H3,12,13,14,15,16). The fraction of sp³-hybridized carbons (Fsp3) is 0.727. The number of nitrogens with zero attached hydrogens (tertiary/aromatic N) is 4. The Morgan fingerprint density at radius 2 is 1.94 bits per heavy atom. The molecule has 6 heteroatoms. The number of anilines is 3. The van der Waals surface area contributed by atoms with Crippen LogP contribution in [-0.2, 0) is 0 Å². The molecule has 1 aromatic heterocycles. The van der Waals surface area contributed by atoms with E-state index in [0.29, 0.717) is 17.8 Å². The summed E-state index contributed by atoms with van der Waals surface area (Å²) in [5.41, 5.74) is 5.70. The number of nitrogen functional groups attached to an aromatic ring is 1. The van der Waals surface area contributed by atoms with Crippen LogP contribution >= 0.6 is 0 Å². The first kappa shape index (κ1) is 11.9. The molecule has 0 unspecified atom stereocenters. The lowest BCUT2D eigenvalue weighted by molar-refractivity contribution is 0.683. The van der Waals surface area contributed by atoms with Crippen molar-refractivity contribution in [3.05, 3.63) is 0 Å². The second-order valence-corrected chi connectivity index (χ2v) is 4.79. The lowest BCUT2D eigenvalue weighted by Gasteiger charge is -2.16. The zero-order valence-electron chi connectivity index (χ0n) is 10.5. The lowest BCUT2D eigenvalue weighted by Crippen LogP contribution is -2.22. The summed E-state index contributed by atoms with van der Waals surface area (Å²) in [6.45, 7) is 7.13. The van der Waals surface area contributed by atoms with Crippen molar-refractivity contribution in [3.63, 3.8) is 0 Å². The molecule has 0 saturated carbocycles. The third-order valence-electron chi connectivity index (χ3n) is 2.70. The molecule has 1 saturated heterocycles. The van der Waals surface area contributed by atoms with Crippen molar-refractivity contribution in [2.24, 2.45) is 5.92 Å². The van der Waals surface area contributed by atoms with Crippen LogP contribution in [0.25, 0.3) is 0 Å². The van der Waals surface area contributed by atoms with E-state index in [9.17, 15) is 0 Å². The second-order valence-electron chi connectivity index (χ2n) is 4.79. The molecule has 0 bridgehead atoms. The predicted molar refractivity (Wildman–Crippen MR) is 69.0 cm³/mol. The highest BCUT2D eigenvalue weighted by Crippen LogP contribution is 2.17. The molecule has 0 atom stereocenters. The van der Waals surface area contributed by atoms with Gasteiger partial charge in [0.15, 0.2) is 0 Å². The molecule has 1 aliphatic rings. The van der Waals surface area contributed by atoms with Crippen LogP contribution in [0, 0.1) is 5.92 Å². The smallest absolute Gasteiger partial charge is 0.231 e. The zero-order chi connectivity index (χ0) is 12.3. The first-order valence-corrected chi connectivity index (χ1v) is 6.15. The maximum absolute atomic E-state index is 5.70. The summed E-state index contributed by atoms with van der Waals surface area (Å²) in [6, 6.07) is 0. The Balaban J connectivity index is 2.11. The minimum absolute atomic E-state index is 0.285. The van der Waals surface area contributed by atoms with Crippen molar-refractivity contribution in [1.29, 1.82) is 0 Å². The monoisotopic (exact) mass is 236 g/mol. The lowest BCUT2D eigenvalue weighted by atomic mass is 10.2. The number of aromatic nitrogens is 3. The van der Waals surface area contributed by atoms with Gasteiger partial charge in [-0.1, -0.05) is 13.8 Å². The van der Waals surface area contributed by atoms with E-state index in [2.05, 4.69) is 39.0 Å². The van der Waals surface area contributed by atoms with Gasteiger partial charge in [-0.2, -0.15) is 15.0 Å². The van der Waals surface area contributed by atoms with Gasteiger partial charge in [0.25, 0.3) is 0 Å². The van der Waals surface area contributed by atoms with Crippen molar-refractivity contribution in [2.45, 2.75) is 26.7 Å². The Hall–Kier alpha value is -1.59. The fourth-order valence-electron chi connectivity index (χ4n) is 1.81. The Bertz CT molecular complexity index is 372. The summed E-state index contributed by atoms with van der Waals surface area (Å²) in [4.78, 5) is 14.8. The molecule has 0 aliphatic carbocycles. The molecule has 3 N–H and O–H groups in total. The van der Waals surface area contributed by atoms with E-state index < -0.39 is 0 Å². The molecule has 94 valence electrons. The Morgan fingerprint density at radius 1 is 1.24 bits per heavy atom. The number of hydrogen-bond acceptors (Lipinski definition) is 6. The Morgan fingerprint density at radius 3 is 2.59 bits per heavy atom. The Kier molecular flexibility index (Phi) is 3.61. The van der Waals surface area contributed by atoms with E-state index in [-0.39, 0.29) is 5.95 Å². The molecule has 0 radical (unpaired) electrons. The normalized spacial score (nSPS) is 15.6. The molecular weight excluding hydrogens is 216 g/mol. The van der Waals surface area contributed by atoms with Crippen LogP contribution in [-0.4, -0.2) is 34.6 Å². The van der Waals surface area contributed by atoms with Crippen molar-refractivity contribution in [3.8, 4) is 0 Å². The first-order valence-electron chi connectivity index (χ1n) is 6.15. The topological polar surface area (TPSA) is 80.0 Å². The molecule has 1 aromatic rings. The highest BCUT2D eigenvalue weighted by Gasteiger charge is 2.16. The van der Waals surface area contributed by atoms with Gasteiger partial charge in [-0.25, -0.2) is 0 Å². The number of nitrogens with one attached hydrogen (secondary N) is 1. The van der Waals surface area contributed by atoms with Crippen LogP contribution in [0.5, 0.6) is 0 Å². The third-order valence-corrected chi connectivity index (χ3v) is 2.70. The molecule has 0 aromatic carbocycles. The molecule has 0 amide bonds. The van der Waals surface area contributed by atoms with Crippen LogP contribution in [0.1, 0.15) is 26.7 Å². The maximum atomic E-state index is 5.70. The zero-order valence-corrected chi connectivity index (χ0v) is 10.5. The predicted octanol–water partition coefficient (Wildman–Crippen LogP) is 1.12. The fourth-order valence-corrected chi connectivity index (χ4v) is 1.81. The minimum atomic E-state index is 0.285. The van der Waals surface area contributed by atoms with E-state index in [4.69, 9.17) is 5.73 Å². The highest BCUT2D eigenvalue weighted by molar-refractivity contribution is 5.42. The van der Waals surface area contributed by atoms with Crippen LogP contribution in [0.2, 0.25) is 0 Å². The van der Waals surface area contributed by atoms with Gasteiger partial charge in [0.05, 0.1) is 0 Å². The molecule has 1 fully saturated rings. The summed E-state index contributed by atoms with van der Waals surface area (Å²) in [5, 5.41) is 3.18. The number of nitrogens with two attached hydrogens (primary N) is 1. The molecule has 17 heavy (non-hydrogen) atoms. The van der Waals surface area contributed by atoms with Crippen LogP contribution in [0.15, 0.2) is 0 Å². The van der Waals surface area contributed by atoms with Crippen molar-refractivity contribution >= 4 is 17.8 Å². The second kappa shape index (κ2) is 5.16. The van der Waals surface area contributed by atoms with Crippen LogP contribution in [0.4, 0.5) is 17.8 Å². The van der Waals surface area contributed by atoms with E-state index in [1.54, 1.807) is 0 Å². The summed E-state index contributed by atoms with van der Waals surface area (Å²) in [6.07, 6.45) is 2.39. The molecular formula is C11H20N6. The van der Waals surface area contributed by atoms with Gasteiger partial charge in [-0.3, -0.25) is 0 Å². The van der Waals surface area contributed by atoms with Gasteiger partial charge in [-0.15, -0.1) is 0 Å². The largest absolute Gasteiger partial charge is 0.368 e. The average Bonchev–Trinajstić information content (AvgIpc) is 2.79. The van der Waals surface area contributed by atoms with Crippen molar-refractivity contribution in [2.75, 3.05) is 35.6 Å². The van der Waals surface area contributed by atoms with E-state index in [1.165, 1.54) is 12.8 Å². The molecule has 0 spiro atoms. The van der Waals surface area contributed by atoms with Gasteiger partial charge in [-0.05, 0) is 18.8 Å². The molecule has 1 aliphatic heterocycles. The molecule has 2 rings (SSSR count). The maximum Gasteiger partial charge on any atom is 0.231 e. The van der Waals surface area contributed by atoms with Gasteiger partial charge in [0.1, 0.15) is 0 Å². The van der Waals surface area contributed by atoms with Crippen molar-refractivity contribution < 1.29 is 0 Å². The number of hydrogen-bond donors (Lipinski definition) is 2. The van der Waals surface area contributed by atoms with Gasteiger partial charge >= 0.3 is 0 Å². The van der Waals surface area contributed by atoms with E-state index in [1.807, 2.05) is 0 Å². The van der Waals surface area contributed by atoms with Crippen LogP contribution in [0.3, 0.4) is 0 Å². The summed E-state index contributed by atoms with van der Waals surface area (Å²) < 4.78 is 0. The Labute approximate surface area is 102 Å². The average molecular weight is 236 g/mol. The molecule has 2 heterocycles. The van der Waals surface area contributed by atoms with Crippen molar-refractivity contribution in [1.82, 2.24) is 15.0 Å². The van der Waals surface area contributed by atoms with Crippen LogP contribution < -0.4 is 16.0 Å². The van der Waals surface area contributed by atoms with Gasteiger partial charge in [0, 0.05) is 19.6 Å². The SMILES string of the molecule is CC(C)CNc1nc(N)nc(N2CCCC2)n1. The first-order chi connectivity index (χ1) is 8.15. The van der Waals surface area contributed by atoms with E-state index in [0.717, 1.165) is 19.6 Å². The highest BCUT2D eigenvalue weighted by atomic mass is 15.3. The third kappa shape index (κ3) is 3.18. The summed E-state index contributed by atoms with van der Waals surface area (Å²) in [7, 11) is 0. The number of rotatable bonds is 4. The minimum Gasteiger partial charge on any atom is -0.368 e.